The van der Waals surface area contributed by atoms with Crippen LogP contribution >= 0.6 is 0 Å². The van der Waals surface area contributed by atoms with E-state index in [-0.39, 0.29) is 6.04 Å². The van der Waals surface area contributed by atoms with Crippen LogP contribution in [0.5, 0.6) is 0 Å². The van der Waals surface area contributed by atoms with Crippen molar-refractivity contribution in [1.29, 1.82) is 0 Å². The van der Waals surface area contributed by atoms with Crippen molar-refractivity contribution < 1.29 is 0 Å². The quantitative estimate of drug-likeness (QED) is 0.491. The van der Waals surface area contributed by atoms with E-state index in [2.05, 4.69) is 22.7 Å². The molecule has 1 heterocycles. The summed E-state index contributed by atoms with van der Waals surface area (Å²) in [7, 11) is 1.98. The summed E-state index contributed by atoms with van der Waals surface area (Å²) in [5, 5.41) is 4.41. The maximum atomic E-state index is 5.77. The van der Waals surface area contributed by atoms with Crippen molar-refractivity contribution in [3.05, 3.63) is 29.1 Å². The average molecular weight is 248 g/mol. The molecule has 0 aliphatic heterocycles. The van der Waals surface area contributed by atoms with E-state index in [0.29, 0.717) is 0 Å². The van der Waals surface area contributed by atoms with Gasteiger partial charge in [-0.2, -0.15) is 5.10 Å². The number of nitrogens with zero attached hydrogens (tertiary/aromatic N) is 2. The van der Waals surface area contributed by atoms with Crippen LogP contribution in [0.2, 0.25) is 0 Å². The molecule has 1 aromatic heterocycles. The highest BCUT2D eigenvalue weighted by atomic mass is 15.3. The molecular formula is C14H24N4. The molecule has 1 unspecified atom stereocenters. The van der Waals surface area contributed by atoms with Gasteiger partial charge in [-0.25, -0.2) is 5.43 Å². The zero-order valence-electron chi connectivity index (χ0n) is 11.4. The first-order valence-electron chi connectivity index (χ1n) is 6.88. The smallest absolute Gasteiger partial charge is 0.0838 e. The van der Waals surface area contributed by atoms with E-state index in [1.54, 1.807) is 0 Å². The fourth-order valence-corrected chi connectivity index (χ4v) is 2.76. The van der Waals surface area contributed by atoms with Gasteiger partial charge >= 0.3 is 0 Å². The van der Waals surface area contributed by atoms with E-state index in [0.717, 1.165) is 17.8 Å². The van der Waals surface area contributed by atoms with Gasteiger partial charge in [0, 0.05) is 7.05 Å². The molecule has 2 rings (SSSR count). The fourth-order valence-electron chi connectivity index (χ4n) is 2.76. The van der Waals surface area contributed by atoms with Crippen LogP contribution in [0.3, 0.4) is 0 Å². The Morgan fingerprint density at radius 1 is 1.33 bits per heavy atom. The molecule has 0 saturated heterocycles. The number of nitrogens with two attached hydrogens (primary N) is 1. The summed E-state index contributed by atoms with van der Waals surface area (Å²) in [5.41, 5.74) is 6.57. The molecule has 4 heteroatoms. The summed E-state index contributed by atoms with van der Waals surface area (Å²) in [5.74, 6) is 5.77. The lowest BCUT2D eigenvalue weighted by molar-refractivity contribution is 0.525. The standard InChI is InChI=1S/C14H24N4/c1-11-10-13(18(2)17-11)14(16-15)12-8-6-4-3-5-7-9-12/h8,10,14,16H,3-7,9,15H2,1-2H3/b12-8+. The largest absolute Gasteiger partial charge is 0.271 e. The Kier molecular flexibility index (Phi) is 4.55. The number of aryl methyl sites for hydroxylation is 2. The van der Waals surface area contributed by atoms with Crippen molar-refractivity contribution in [3.63, 3.8) is 0 Å². The average Bonchev–Trinajstić information content (AvgIpc) is 2.62. The van der Waals surface area contributed by atoms with Gasteiger partial charge in [0.2, 0.25) is 0 Å². The predicted octanol–water partition coefficient (Wildman–Crippen LogP) is 2.51. The number of aromatic nitrogens is 2. The summed E-state index contributed by atoms with van der Waals surface area (Å²) >= 11 is 0. The molecule has 18 heavy (non-hydrogen) atoms. The molecule has 0 bridgehead atoms. The van der Waals surface area contributed by atoms with E-state index in [1.165, 1.54) is 37.7 Å². The number of rotatable bonds is 3. The van der Waals surface area contributed by atoms with E-state index in [4.69, 9.17) is 5.84 Å². The third-order valence-electron chi connectivity index (χ3n) is 3.70. The Morgan fingerprint density at radius 3 is 2.78 bits per heavy atom. The minimum absolute atomic E-state index is 0.106. The van der Waals surface area contributed by atoms with Crippen LogP contribution in [0, 0.1) is 6.92 Å². The Balaban J connectivity index is 2.23. The highest BCUT2D eigenvalue weighted by molar-refractivity contribution is 5.24. The monoisotopic (exact) mass is 248 g/mol. The molecule has 4 nitrogen and oxygen atoms in total. The summed E-state index contributed by atoms with van der Waals surface area (Å²) < 4.78 is 1.93. The molecule has 0 fully saturated rings. The molecule has 1 atom stereocenters. The van der Waals surface area contributed by atoms with Crippen molar-refractivity contribution in [1.82, 2.24) is 15.2 Å². The van der Waals surface area contributed by atoms with Crippen molar-refractivity contribution in [3.8, 4) is 0 Å². The first kappa shape index (κ1) is 13.3. The first-order chi connectivity index (χ1) is 8.72. The summed E-state index contributed by atoms with van der Waals surface area (Å²) in [6, 6.07) is 2.22. The molecule has 1 aromatic rings. The van der Waals surface area contributed by atoms with Crippen LogP contribution in [-0.4, -0.2) is 9.78 Å². The van der Waals surface area contributed by atoms with Gasteiger partial charge in [0.05, 0.1) is 17.4 Å². The van der Waals surface area contributed by atoms with E-state index in [9.17, 15) is 0 Å². The van der Waals surface area contributed by atoms with Crippen LogP contribution in [0.4, 0.5) is 0 Å². The Bertz CT molecular complexity index is 419. The lowest BCUT2D eigenvalue weighted by Crippen LogP contribution is -2.31. The molecule has 0 amide bonds. The van der Waals surface area contributed by atoms with Gasteiger partial charge in [-0.15, -0.1) is 0 Å². The molecule has 1 aliphatic rings. The zero-order valence-corrected chi connectivity index (χ0v) is 11.4. The SMILES string of the molecule is Cc1cc(C(NN)/C2=C/CCCCCC2)n(C)n1. The second-order valence-electron chi connectivity index (χ2n) is 5.17. The third-order valence-corrected chi connectivity index (χ3v) is 3.70. The highest BCUT2D eigenvalue weighted by Gasteiger charge is 2.19. The van der Waals surface area contributed by atoms with Crippen LogP contribution in [-0.2, 0) is 7.05 Å². The van der Waals surface area contributed by atoms with Gasteiger partial charge in [0.25, 0.3) is 0 Å². The van der Waals surface area contributed by atoms with Crippen molar-refractivity contribution in [2.24, 2.45) is 12.9 Å². The van der Waals surface area contributed by atoms with Crippen molar-refractivity contribution in [2.75, 3.05) is 0 Å². The van der Waals surface area contributed by atoms with Gasteiger partial charge < -0.3 is 0 Å². The zero-order chi connectivity index (χ0) is 13.0. The molecule has 0 aromatic carbocycles. The molecule has 0 spiro atoms. The van der Waals surface area contributed by atoms with Gasteiger partial charge in [0.1, 0.15) is 0 Å². The Morgan fingerprint density at radius 2 is 2.11 bits per heavy atom. The van der Waals surface area contributed by atoms with Crippen molar-refractivity contribution in [2.45, 2.75) is 51.5 Å². The lowest BCUT2D eigenvalue weighted by Gasteiger charge is -2.21. The molecule has 3 N–H and O–H groups in total. The van der Waals surface area contributed by atoms with E-state index >= 15 is 0 Å². The molecule has 0 saturated carbocycles. The minimum Gasteiger partial charge on any atom is -0.271 e. The van der Waals surface area contributed by atoms with Crippen LogP contribution in [0.15, 0.2) is 17.7 Å². The van der Waals surface area contributed by atoms with Crippen LogP contribution < -0.4 is 11.3 Å². The number of hydrogen-bond acceptors (Lipinski definition) is 3. The van der Waals surface area contributed by atoms with Crippen LogP contribution in [0.25, 0.3) is 0 Å². The first-order valence-corrected chi connectivity index (χ1v) is 6.88. The normalized spacial score (nSPS) is 21.8. The number of nitrogens with one attached hydrogen (secondary N) is 1. The Hall–Kier alpha value is -1.13. The van der Waals surface area contributed by atoms with Crippen molar-refractivity contribution >= 4 is 0 Å². The van der Waals surface area contributed by atoms with Gasteiger partial charge in [-0.3, -0.25) is 10.5 Å². The summed E-state index contributed by atoms with van der Waals surface area (Å²) in [6.45, 7) is 2.02. The second kappa shape index (κ2) is 6.16. The van der Waals surface area contributed by atoms with E-state index in [1.807, 2.05) is 18.7 Å². The van der Waals surface area contributed by atoms with Crippen LogP contribution in [0.1, 0.15) is 56.0 Å². The highest BCUT2D eigenvalue weighted by Crippen LogP contribution is 2.28. The number of hydrogen-bond donors (Lipinski definition) is 2. The molecule has 100 valence electrons. The predicted molar refractivity (Wildman–Crippen MR) is 73.8 cm³/mol. The summed E-state index contributed by atoms with van der Waals surface area (Å²) in [6.07, 6.45) is 9.93. The number of hydrazine groups is 1. The van der Waals surface area contributed by atoms with E-state index < -0.39 is 0 Å². The topological polar surface area (TPSA) is 55.9 Å². The molecule has 1 aliphatic carbocycles. The van der Waals surface area contributed by atoms with Gasteiger partial charge in [0.15, 0.2) is 0 Å². The third kappa shape index (κ3) is 3.00. The lowest BCUT2D eigenvalue weighted by atomic mass is 9.93. The second-order valence-corrected chi connectivity index (χ2v) is 5.17. The molecular weight excluding hydrogens is 224 g/mol. The van der Waals surface area contributed by atoms with Gasteiger partial charge in [-0.1, -0.05) is 24.5 Å². The molecule has 0 radical (unpaired) electrons. The maximum absolute atomic E-state index is 5.77. The Labute approximate surface area is 109 Å². The fraction of sp³-hybridized carbons (Fsp3) is 0.643. The minimum atomic E-state index is 0.106. The van der Waals surface area contributed by atoms with Gasteiger partial charge in [-0.05, 0) is 38.7 Å². The number of allylic oxidation sites excluding steroid dienone is 1. The summed E-state index contributed by atoms with van der Waals surface area (Å²) in [4.78, 5) is 0. The maximum Gasteiger partial charge on any atom is 0.0838 e.